The van der Waals surface area contributed by atoms with E-state index in [-0.39, 0.29) is 16.9 Å². The molecular formula is C20H14F9NO. The Morgan fingerprint density at radius 2 is 1.39 bits per heavy atom. The fourth-order valence-electron chi connectivity index (χ4n) is 3.27. The summed E-state index contributed by atoms with van der Waals surface area (Å²) in [7, 11) is 0. The predicted octanol–water partition coefficient (Wildman–Crippen LogP) is 6.99. The predicted molar refractivity (Wildman–Crippen MR) is 92.4 cm³/mol. The number of hydrogen-bond donors (Lipinski definition) is 0. The van der Waals surface area contributed by atoms with E-state index in [0.29, 0.717) is 5.39 Å². The van der Waals surface area contributed by atoms with E-state index in [0.717, 1.165) is 31.5 Å². The summed E-state index contributed by atoms with van der Waals surface area (Å²) < 4.78 is 127. The van der Waals surface area contributed by atoms with Crippen LogP contribution in [-0.4, -0.2) is 28.9 Å². The van der Waals surface area contributed by atoms with Gasteiger partial charge in [0.2, 0.25) is 0 Å². The molecule has 31 heavy (non-hydrogen) atoms. The van der Waals surface area contributed by atoms with E-state index < -0.39 is 35.8 Å². The van der Waals surface area contributed by atoms with E-state index >= 15 is 0 Å². The maximum absolute atomic E-state index is 14.6. The third-order valence-corrected chi connectivity index (χ3v) is 5.07. The lowest BCUT2D eigenvalue weighted by Gasteiger charge is -2.38. The standard InChI is InChI=1S/C20H14F9NO/c1-16(13-6-8-30-9-7-13,15-10-12-4-2-3-5-14(12)31-15)11-17(21,22)18(23,24)19(25,26)20(27,28)29/h2-10H,11H2,1H3. The Labute approximate surface area is 169 Å². The van der Waals surface area contributed by atoms with Gasteiger partial charge in [-0.05, 0) is 36.8 Å². The van der Waals surface area contributed by atoms with Gasteiger partial charge >= 0.3 is 23.9 Å². The Balaban J connectivity index is 2.15. The summed E-state index contributed by atoms with van der Waals surface area (Å²) in [6.45, 7) is 0.996. The van der Waals surface area contributed by atoms with Gasteiger partial charge in [-0.1, -0.05) is 18.2 Å². The van der Waals surface area contributed by atoms with E-state index in [1.165, 1.54) is 18.2 Å². The van der Waals surface area contributed by atoms with Crippen molar-refractivity contribution in [2.45, 2.75) is 42.7 Å². The zero-order valence-electron chi connectivity index (χ0n) is 15.7. The van der Waals surface area contributed by atoms with Crippen molar-refractivity contribution in [1.82, 2.24) is 4.98 Å². The van der Waals surface area contributed by atoms with Crippen LogP contribution < -0.4 is 0 Å². The molecule has 2 nitrogen and oxygen atoms in total. The molecule has 168 valence electrons. The van der Waals surface area contributed by atoms with Gasteiger partial charge in [0.05, 0.1) is 5.41 Å². The van der Waals surface area contributed by atoms with Crippen molar-refractivity contribution in [3.63, 3.8) is 0 Å². The summed E-state index contributed by atoms with van der Waals surface area (Å²) in [5.74, 6) is -19.8. The topological polar surface area (TPSA) is 26.0 Å². The molecule has 0 radical (unpaired) electrons. The van der Waals surface area contributed by atoms with Crippen LogP contribution in [0.2, 0.25) is 0 Å². The van der Waals surface area contributed by atoms with Crippen LogP contribution in [0, 0.1) is 0 Å². The molecule has 3 rings (SSSR count). The van der Waals surface area contributed by atoms with E-state index in [4.69, 9.17) is 4.42 Å². The molecule has 1 unspecified atom stereocenters. The quantitative estimate of drug-likeness (QED) is 0.375. The van der Waals surface area contributed by atoms with Gasteiger partial charge in [0, 0.05) is 24.2 Å². The molecule has 3 aromatic rings. The largest absolute Gasteiger partial charge is 0.460 e. The van der Waals surface area contributed by atoms with Crippen molar-refractivity contribution in [3.8, 4) is 0 Å². The third kappa shape index (κ3) is 3.63. The molecule has 1 atom stereocenters. The fraction of sp³-hybridized carbons (Fsp3) is 0.350. The van der Waals surface area contributed by atoms with Gasteiger partial charge in [0.1, 0.15) is 11.3 Å². The van der Waals surface area contributed by atoms with Crippen LogP contribution in [0.1, 0.15) is 24.7 Å². The highest BCUT2D eigenvalue weighted by Crippen LogP contribution is 2.57. The normalized spacial score (nSPS) is 15.8. The summed E-state index contributed by atoms with van der Waals surface area (Å²) in [6, 6.07) is 9.67. The van der Waals surface area contributed by atoms with Crippen molar-refractivity contribution in [1.29, 1.82) is 0 Å². The van der Waals surface area contributed by atoms with Crippen LogP contribution in [0.15, 0.2) is 59.3 Å². The van der Waals surface area contributed by atoms with E-state index in [1.807, 2.05) is 0 Å². The molecule has 0 aliphatic heterocycles. The number of benzene rings is 1. The van der Waals surface area contributed by atoms with Crippen LogP contribution in [0.4, 0.5) is 39.5 Å². The lowest BCUT2D eigenvalue weighted by molar-refractivity contribution is -0.397. The van der Waals surface area contributed by atoms with Gasteiger partial charge in [-0.2, -0.15) is 39.5 Å². The fourth-order valence-corrected chi connectivity index (χ4v) is 3.27. The van der Waals surface area contributed by atoms with Crippen molar-refractivity contribution in [3.05, 3.63) is 66.2 Å². The molecule has 0 N–H and O–H groups in total. The molecule has 0 saturated carbocycles. The number of halogens is 9. The first-order valence-corrected chi connectivity index (χ1v) is 8.73. The van der Waals surface area contributed by atoms with Crippen molar-refractivity contribution in [2.24, 2.45) is 0 Å². The summed E-state index contributed by atoms with van der Waals surface area (Å²) in [5.41, 5.74) is -2.10. The molecule has 2 aromatic heterocycles. The zero-order chi connectivity index (χ0) is 23.3. The SMILES string of the molecule is CC(CC(F)(F)C(F)(F)C(F)(F)C(F)(F)F)(c1ccncc1)c1cc2ccccc2o1. The lowest BCUT2D eigenvalue weighted by atomic mass is 9.74. The van der Waals surface area contributed by atoms with Crippen LogP contribution in [-0.2, 0) is 5.41 Å². The van der Waals surface area contributed by atoms with Gasteiger partial charge in [0.25, 0.3) is 0 Å². The maximum Gasteiger partial charge on any atom is 0.460 e. The second-order valence-electron chi connectivity index (χ2n) is 7.24. The first-order chi connectivity index (χ1) is 14.1. The number of hydrogen-bond acceptors (Lipinski definition) is 2. The molecule has 11 heteroatoms. The summed E-state index contributed by atoms with van der Waals surface area (Å²) in [5, 5.41) is 0.397. The number of nitrogens with zero attached hydrogens (tertiary/aromatic N) is 1. The third-order valence-electron chi connectivity index (χ3n) is 5.07. The number of rotatable bonds is 6. The smallest absolute Gasteiger partial charge is 0.460 e. The van der Waals surface area contributed by atoms with E-state index in [2.05, 4.69) is 4.98 Å². The highest BCUT2D eigenvalue weighted by atomic mass is 19.4. The van der Waals surface area contributed by atoms with Gasteiger partial charge in [-0.15, -0.1) is 0 Å². The number of para-hydroxylation sites is 1. The molecule has 0 amide bonds. The molecule has 0 aliphatic carbocycles. The molecular weight excluding hydrogens is 441 g/mol. The monoisotopic (exact) mass is 455 g/mol. The van der Waals surface area contributed by atoms with Gasteiger partial charge in [0.15, 0.2) is 0 Å². The highest BCUT2D eigenvalue weighted by Gasteiger charge is 2.82. The molecule has 0 aliphatic rings. The molecule has 0 saturated heterocycles. The average Bonchev–Trinajstić information content (AvgIpc) is 3.12. The highest BCUT2D eigenvalue weighted by molar-refractivity contribution is 5.78. The minimum atomic E-state index is -6.96. The summed E-state index contributed by atoms with van der Waals surface area (Å²) in [4.78, 5) is 3.68. The van der Waals surface area contributed by atoms with Crippen molar-refractivity contribution >= 4 is 11.0 Å². The van der Waals surface area contributed by atoms with Crippen LogP contribution in [0.3, 0.4) is 0 Å². The summed E-state index contributed by atoms with van der Waals surface area (Å²) in [6.07, 6.45) is -6.71. The van der Waals surface area contributed by atoms with Crippen LogP contribution >= 0.6 is 0 Å². The second kappa shape index (κ2) is 7.16. The Bertz CT molecular complexity index is 1030. The molecule has 0 spiro atoms. The number of pyridine rings is 1. The lowest BCUT2D eigenvalue weighted by Crippen LogP contribution is -2.62. The Morgan fingerprint density at radius 3 is 1.94 bits per heavy atom. The number of alkyl halides is 9. The molecule has 1 aromatic carbocycles. The van der Waals surface area contributed by atoms with Crippen molar-refractivity contribution < 1.29 is 43.9 Å². The second-order valence-corrected chi connectivity index (χ2v) is 7.24. The zero-order valence-corrected chi connectivity index (χ0v) is 15.7. The Kier molecular flexibility index (Phi) is 5.31. The minimum Gasteiger partial charge on any atom is -0.460 e. The molecule has 2 heterocycles. The van der Waals surface area contributed by atoms with Crippen LogP contribution in [0.25, 0.3) is 11.0 Å². The maximum atomic E-state index is 14.6. The number of furan rings is 1. The number of aromatic nitrogens is 1. The first kappa shape index (κ1) is 23.0. The Morgan fingerprint density at radius 1 is 0.806 bits per heavy atom. The number of fused-ring (bicyclic) bond motifs is 1. The van der Waals surface area contributed by atoms with Gasteiger partial charge in [-0.25, -0.2) is 0 Å². The van der Waals surface area contributed by atoms with Gasteiger partial charge in [-0.3, -0.25) is 4.98 Å². The minimum absolute atomic E-state index is 0.0904. The molecule has 0 bridgehead atoms. The van der Waals surface area contributed by atoms with Crippen LogP contribution in [0.5, 0.6) is 0 Å². The first-order valence-electron chi connectivity index (χ1n) is 8.73. The summed E-state index contributed by atoms with van der Waals surface area (Å²) >= 11 is 0. The van der Waals surface area contributed by atoms with Gasteiger partial charge < -0.3 is 4.42 Å². The Hall–Kier alpha value is -2.72. The molecule has 0 fully saturated rings. The van der Waals surface area contributed by atoms with Crippen molar-refractivity contribution in [2.75, 3.05) is 0 Å². The average molecular weight is 455 g/mol. The van der Waals surface area contributed by atoms with E-state index in [1.54, 1.807) is 12.1 Å². The van der Waals surface area contributed by atoms with E-state index in [9.17, 15) is 39.5 Å².